The van der Waals surface area contributed by atoms with Crippen molar-refractivity contribution in [2.75, 3.05) is 6.54 Å². The predicted octanol–water partition coefficient (Wildman–Crippen LogP) is 2.61. The van der Waals surface area contributed by atoms with E-state index in [-0.39, 0.29) is 0 Å². The average Bonchev–Trinajstić information content (AvgIpc) is 2.93. The lowest BCUT2D eigenvalue weighted by molar-refractivity contribution is 0.610. The summed E-state index contributed by atoms with van der Waals surface area (Å²) >= 11 is 1.75. The molecule has 0 aliphatic heterocycles. The number of nitrogens with zero attached hydrogens (tertiary/aromatic N) is 2. The summed E-state index contributed by atoms with van der Waals surface area (Å²) < 4.78 is 2.06. The first kappa shape index (κ1) is 12.3. The highest BCUT2D eigenvalue weighted by Gasteiger charge is 2.04. The molecule has 1 N–H and O–H groups in total. The molecule has 0 radical (unpaired) electrons. The van der Waals surface area contributed by atoms with E-state index in [4.69, 9.17) is 0 Å². The number of rotatable bonds is 6. The molecule has 0 saturated heterocycles. The summed E-state index contributed by atoms with van der Waals surface area (Å²) in [5.74, 6) is 0. The lowest BCUT2D eigenvalue weighted by Crippen LogP contribution is -2.11. The third-order valence-corrected chi connectivity index (χ3v) is 3.56. The number of hydrogen-bond donors (Lipinski definition) is 1. The second-order valence-corrected chi connectivity index (χ2v) is 4.94. The number of thiophene rings is 1. The molecule has 2 aromatic rings. The highest BCUT2D eigenvalue weighted by Crippen LogP contribution is 2.09. The summed E-state index contributed by atoms with van der Waals surface area (Å²) in [7, 11) is 0. The topological polar surface area (TPSA) is 29.9 Å². The number of aryl methyl sites for hydroxylation is 3. The minimum Gasteiger partial charge on any atom is -0.313 e. The van der Waals surface area contributed by atoms with Gasteiger partial charge in [0.1, 0.15) is 0 Å². The highest BCUT2D eigenvalue weighted by atomic mass is 32.1. The number of aromatic nitrogens is 2. The van der Waals surface area contributed by atoms with Gasteiger partial charge in [0.15, 0.2) is 0 Å². The Balaban J connectivity index is 1.92. The Labute approximate surface area is 106 Å². The SMILES string of the molecule is CCNCc1cn(CCc2ccsc2)nc1C. The fourth-order valence-corrected chi connectivity index (χ4v) is 2.49. The molecule has 0 atom stereocenters. The Morgan fingerprint density at radius 1 is 1.47 bits per heavy atom. The van der Waals surface area contributed by atoms with Crippen LogP contribution >= 0.6 is 11.3 Å². The smallest absolute Gasteiger partial charge is 0.0638 e. The fraction of sp³-hybridized carbons (Fsp3) is 0.462. The number of nitrogens with one attached hydrogen (secondary N) is 1. The Bertz CT molecular complexity index is 445. The van der Waals surface area contributed by atoms with E-state index in [0.717, 1.165) is 31.7 Å². The van der Waals surface area contributed by atoms with Gasteiger partial charge in [0.25, 0.3) is 0 Å². The highest BCUT2D eigenvalue weighted by molar-refractivity contribution is 7.07. The normalized spacial score (nSPS) is 10.9. The summed E-state index contributed by atoms with van der Waals surface area (Å²) in [5.41, 5.74) is 3.84. The molecular formula is C13H19N3S. The van der Waals surface area contributed by atoms with Crippen molar-refractivity contribution < 1.29 is 0 Å². The molecule has 2 heterocycles. The van der Waals surface area contributed by atoms with E-state index < -0.39 is 0 Å². The largest absolute Gasteiger partial charge is 0.313 e. The Morgan fingerprint density at radius 2 is 2.35 bits per heavy atom. The first-order chi connectivity index (χ1) is 8.29. The van der Waals surface area contributed by atoms with Crippen molar-refractivity contribution in [2.24, 2.45) is 0 Å². The van der Waals surface area contributed by atoms with Crippen LogP contribution in [-0.2, 0) is 19.5 Å². The standard InChI is InChI=1S/C13H19N3S/c1-3-14-8-13-9-16(15-11(13)2)6-4-12-5-7-17-10-12/h5,7,9-10,14H,3-4,6,8H2,1-2H3. The zero-order valence-electron chi connectivity index (χ0n) is 10.4. The van der Waals surface area contributed by atoms with Crippen molar-refractivity contribution in [1.29, 1.82) is 0 Å². The molecule has 0 aliphatic rings. The molecule has 2 rings (SSSR count). The van der Waals surface area contributed by atoms with Gasteiger partial charge in [-0.05, 0) is 42.3 Å². The van der Waals surface area contributed by atoms with Gasteiger partial charge in [0.05, 0.1) is 5.69 Å². The molecule has 92 valence electrons. The molecule has 0 bridgehead atoms. The van der Waals surface area contributed by atoms with Gasteiger partial charge in [-0.1, -0.05) is 6.92 Å². The van der Waals surface area contributed by atoms with Gasteiger partial charge in [0.2, 0.25) is 0 Å². The van der Waals surface area contributed by atoms with Crippen molar-refractivity contribution in [1.82, 2.24) is 15.1 Å². The van der Waals surface area contributed by atoms with Gasteiger partial charge in [0, 0.05) is 24.8 Å². The Morgan fingerprint density at radius 3 is 3.06 bits per heavy atom. The lowest BCUT2D eigenvalue weighted by Gasteiger charge is -1.99. The summed E-state index contributed by atoms with van der Waals surface area (Å²) in [6, 6.07) is 2.18. The molecule has 2 aromatic heterocycles. The molecule has 0 aromatic carbocycles. The van der Waals surface area contributed by atoms with E-state index in [2.05, 4.69) is 52.0 Å². The fourth-order valence-electron chi connectivity index (χ4n) is 1.79. The minimum absolute atomic E-state index is 0.917. The molecule has 0 aliphatic carbocycles. The average molecular weight is 249 g/mol. The summed E-state index contributed by atoms with van der Waals surface area (Å²) in [5, 5.41) is 12.2. The van der Waals surface area contributed by atoms with E-state index in [1.807, 2.05) is 0 Å². The first-order valence-electron chi connectivity index (χ1n) is 6.04. The lowest BCUT2D eigenvalue weighted by atomic mass is 10.2. The van der Waals surface area contributed by atoms with Crippen LogP contribution in [0.1, 0.15) is 23.7 Å². The first-order valence-corrected chi connectivity index (χ1v) is 6.98. The van der Waals surface area contributed by atoms with Crippen LogP contribution in [-0.4, -0.2) is 16.3 Å². The molecule has 0 spiro atoms. The molecule has 0 amide bonds. The van der Waals surface area contributed by atoms with E-state index in [1.54, 1.807) is 11.3 Å². The summed E-state index contributed by atoms with van der Waals surface area (Å²) in [6.07, 6.45) is 3.22. The second-order valence-electron chi connectivity index (χ2n) is 4.16. The van der Waals surface area contributed by atoms with E-state index >= 15 is 0 Å². The Kier molecular flexibility index (Phi) is 4.34. The van der Waals surface area contributed by atoms with Gasteiger partial charge >= 0.3 is 0 Å². The van der Waals surface area contributed by atoms with Gasteiger partial charge in [-0.3, -0.25) is 4.68 Å². The van der Waals surface area contributed by atoms with Crippen LogP contribution in [0, 0.1) is 6.92 Å². The summed E-state index contributed by atoms with van der Waals surface area (Å²) in [6.45, 7) is 7.08. The van der Waals surface area contributed by atoms with Crippen molar-refractivity contribution in [3.8, 4) is 0 Å². The van der Waals surface area contributed by atoms with Crippen molar-refractivity contribution in [2.45, 2.75) is 33.4 Å². The maximum absolute atomic E-state index is 4.54. The molecule has 0 saturated carbocycles. The van der Waals surface area contributed by atoms with Crippen molar-refractivity contribution >= 4 is 11.3 Å². The minimum atomic E-state index is 0.917. The quantitative estimate of drug-likeness (QED) is 0.853. The van der Waals surface area contributed by atoms with Gasteiger partial charge in [-0.25, -0.2) is 0 Å². The van der Waals surface area contributed by atoms with Crippen LogP contribution < -0.4 is 5.32 Å². The molecule has 0 unspecified atom stereocenters. The van der Waals surface area contributed by atoms with Crippen LogP contribution in [0.25, 0.3) is 0 Å². The van der Waals surface area contributed by atoms with E-state index in [9.17, 15) is 0 Å². The van der Waals surface area contributed by atoms with Crippen LogP contribution in [0.4, 0.5) is 0 Å². The Hall–Kier alpha value is -1.13. The van der Waals surface area contributed by atoms with Crippen LogP contribution in [0.3, 0.4) is 0 Å². The van der Waals surface area contributed by atoms with Crippen molar-refractivity contribution in [3.05, 3.63) is 39.8 Å². The molecule has 3 nitrogen and oxygen atoms in total. The van der Waals surface area contributed by atoms with Gasteiger partial charge in [-0.15, -0.1) is 0 Å². The zero-order valence-corrected chi connectivity index (χ0v) is 11.3. The van der Waals surface area contributed by atoms with Gasteiger partial charge in [-0.2, -0.15) is 16.4 Å². The third kappa shape index (κ3) is 3.41. The summed E-state index contributed by atoms with van der Waals surface area (Å²) in [4.78, 5) is 0. The van der Waals surface area contributed by atoms with Crippen LogP contribution in [0.5, 0.6) is 0 Å². The number of hydrogen-bond acceptors (Lipinski definition) is 3. The molecule has 0 fully saturated rings. The monoisotopic (exact) mass is 249 g/mol. The zero-order chi connectivity index (χ0) is 12.1. The molecular weight excluding hydrogens is 230 g/mol. The van der Waals surface area contributed by atoms with Gasteiger partial charge < -0.3 is 5.32 Å². The second kappa shape index (κ2) is 5.98. The maximum Gasteiger partial charge on any atom is 0.0638 e. The molecule has 17 heavy (non-hydrogen) atoms. The van der Waals surface area contributed by atoms with E-state index in [0.29, 0.717) is 0 Å². The third-order valence-electron chi connectivity index (χ3n) is 2.82. The van der Waals surface area contributed by atoms with Crippen molar-refractivity contribution in [3.63, 3.8) is 0 Å². The van der Waals surface area contributed by atoms with Crippen LogP contribution in [0.15, 0.2) is 23.0 Å². The maximum atomic E-state index is 4.54. The predicted molar refractivity (Wildman–Crippen MR) is 72.4 cm³/mol. The molecule has 4 heteroatoms. The van der Waals surface area contributed by atoms with Crippen LogP contribution in [0.2, 0.25) is 0 Å². The van der Waals surface area contributed by atoms with E-state index in [1.165, 1.54) is 11.1 Å².